The fraction of sp³-hybridized carbons (Fsp3) is 0.231. The van der Waals surface area contributed by atoms with Crippen LogP contribution >= 0.6 is 39.1 Å². The normalized spacial score (nSPS) is 20.1. The van der Waals surface area contributed by atoms with Crippen molar-refractivity contribution in [3.8, 4) is 11.5 Å². The van der Waals surface area contributed by atoms with Gasteiger partial charge in [0.2, 0.25) is 0 Å². The van der Waals surface area contributed by atoms with Crippen molar-refractivity contribution in [3.63, 3.8) is 0 Å². The van der Waals surface area contributed by atoms with Gasteiger partial charge < -0.3 is 14.8 Å². The molecule has 0 saturated heterocycles. The Bertz CT molecular complexity index is 1350. The molecule has 9 heteroatoms. The third kappa shape index (κ3) is 4.60. The quantitative estimate of drug-likeness (QED) is 0.183. The molecule has 3 atom stereocenters. The smallest absolute Gasteiger partial charge is 0.269 e. The Morgan fingerprint density at radius 3 is 2.71 bits per heavy atom. The van der Waals surface area contributed by atoms with Gasteiger partial charge in [-0.3, -0.25) is 10.1 Å². The van der Waals surface area contributed by atoms with Crippen LogP contribution in [0.2, 0.25) is 10.0 Å². The van der Waals surface area contributed by atoms with Gasteiger partial charge >= 0.3 is 0 Å². The lowest BCUT2D eigenvalue weighted by Crippen LogP contribution is -2.29. The van der Waals surface area contributed by atoms with Gasteiger partial charge in [0.25, 0.3) is 5.69 Å². The Hall–Kier alpha value is -2.74. The Morgan fingerprint density at radius 2 is 1.97 bits per heavy atom. The van der Waals surface area contributed by atoms with Crippen LogP contribution in [0.15, 0.2) is 65.2 Å². The first-order valence-corrected chi connectivity index (χ1v) is 12.6. The monoisotopic (exact) mass is 574 g/mol. The van der Waals surface area contributed by atoms with Crippen molar-refractivity contribution in [2.24, 2.45) is 5.92 Å². The van der Waals surface area contributed by atoms with Crippen LogP contribution in [0.4, 0.5) is 11.4 Å². The number of methoxy groups -OCH3 is 1. The van der Waals surface area contributed by atoms with Gasteiger partial charge in [-0.1, -0.05) is 41.4 Å². The lowest BCUT2D eigenvalue weighted by Gasteiger charge is -2.37. The number of nitrogens with one attached hydrogen (secondary N) is 1. The number of anilines is 1. The van der Waals surface area contributed by atoms with E-state index in [0.29, 0.717) is 28.2 Å². The SMILES string of the molecule is COc1cc([C@@H]2Nc3ccc([N+](=O)[O-])cc3[C@@H]3C=CC[C@@H]32)cc(Br)c1OCc1ccc(Cl)c(Cl)c1. The van der Waals surface area contributed by atoms with E-state index in [-0.39, 0.29) is 28.5 Å². The Labute approximate surface area is 221 Å². The molecule has 180 valence electrons. The first kappa shape index (κ1) is 24.0. The molecule has 0 bridgehead atoms. The number of nitro benzene ring substituents is 1. The molecule has 3 aromatic rings. The summed E-state index contributed by atoms with van der Waals surface area (Å²) in [5, 5.41) is 15.9. The van der Waals surface area contributed by atoms with Gasteiger partial charge in [0.15, 0.2) is 11.5 Å². The number of non-ortho nitro benzene ring substituents is 1. The molecule has 5 rings (SSSR count). The molecule has 0 saturated carbocycles. The molecular formula is C26H21BrCl2N2O4. The number of rotatable bonds is 6. The molecule has 1 heterocycles. The van der Waals surface area contributed by atoms with Crippen LogP contribution in [-0.2, 0) is 6.61 Å². The van der Waals surface area contributed by atoms with Crippen LogP contribution in [0, 0.1) is 16.0 Å². The van der Waals surface area contributed by atoms with E-state index < -0.39 is 0 Å². The average Bonchev–Trinajstić information content (AvgIpc) is 3.34. The van der Waals surface area contributed by atoms with E-state index in [0.717, 1.165) is 33.3 Å². The van der Waals surface area contributed by atoms with E-state index in [2.05, 4.69) is 33.4 Å². The number of hydrogen-bond acceptors (Lipinski definition) is 5. The lowest BCUT2D eigenvalue weighted by atomic mass is 9.77. The summed E-state index contributed by atoms with van der Waals surface area (Å²) in [6.07, 6.45) is 5.18. The average molecular weight is 576 g/mol. The minimum Gasteiger partial charge on any atom is -0.493 e. The highest BCUT2D eigenvalue weighted by Crippen LogP contribution is 2.52. The molecule has 0 unspecified atom stereocenters. The summed E-state index contributed by atoms with van der Waals surface area (Å²) in [7, 11) is 1.61. The third-order valence-electron chi connectivity index (χ3n) is 6.54. The Morgan fingerprint density at radius 1 is 1.14 bits per heavy atom. The second-order valence-electron chi connectivity index (χ2n) is 8.58. The summed E-state index contributed by atoms with van der Waals surface area (Å²) in [4.78, 5) is 11.0. The number of allylic oxidation sites excluding steroid dienone is 2. The standard InChI is InChI=1S/C26H21BrCl2N2O4/c1-34-24-11-15(10-20(27)26(24)35-13-14-5-7-21(28)22(29)9-14)25-18-4-2-3-17(18)19-12-16(31(32)33)6-8-23(19)30-25/h2-3,5-12,17-18,25,30H,4,13H2,1H3/t17-,18+,25+/m1/s1. The third-order valence-corrected chi connectivity index (χ3v) is 7.86. The number of nitrogens with zero attached hydrogens (tertiary/aromatic N) is 1. The molecule has 35 heavy (non-hydrogen) atoms. The fourth-order valence-corrected chi connectivity index (χ4v) is 5.76. The number of nitro groups is 1. The zero-order valence-corrected chi connectivity index (χ0v) is 21.7. The topological polar surface area (TPSA) is 73.6 Å². The number of halogens is 3. The maximum Gasteiger partial charge on any atom is 0.269 e. The van der Waals surface area contributed by atoms with Crippen LogP contribution in [0.1, 0.15) is 35.1 Å². The largest absolute Gasteiger partial charge is 0.493 e. The second-order valence-corrected chi connectivity index (χ2v) is 10.2. The Balaban J connectivity index is 1.44. The molecule has 0 amide bonds. The molecule has 6 nitrogen and oxygen atoms in total. The van der Waals surface area contributed by atoms with Gasteiger partial charge in [0.1, 0.15) is 6.61 Å². The van der Waals surface area contributed by atoms with Crippen molar-refractivity contribution < 1.29 is 14.4 Å². The highest BCUT2D eigenvalue weighted by molar-refractivity contribution is 9.10. The van der Waals surface area contributed by atoms with Crippen LogP contribution in [0.3, 0.4) is 0 Å². The fourth-order valence-electron chi connectivity index (χ4n) is 4.87. The molecule has 1 N–H and O–H groups in total. The van der Waals surface area contributed by atoms with Gasteiger partial charge in [-0.05, 0) is 75.3 Å². The maximum atomic E-state index is 11.3. The van der Waals surface area contributed by atoms with Gasteiger partial charge in [-0.25, -0.2) is 0 Å². The van der Waals surface area contributed by atoms with Crippen molar-refractivity contribution in [1.29, 1.82) is 0 Å². The van der Waals surface area contributed by atoms with Crippen LogP contribution < -0.4 is 14.8 Å². The summed E-state index contributed by atoms with van der Waals surface area (Å²) < 4.78 is 12.6. The number of benzene rings is 3. The van der Waals surface area contributed by atoms with Gasteiger partial charge in [-0.2, -0.15) is 0 Å². The molecule has 3 aromatic carbocycles. The van der Waals surface area contributed by atoms with Crippen molar-refractivity contribution >= 4 is 50.5 Å². The lowest BCUT2D eigenvalue weighted by molar-refractivity contribution is -0.384. The first-order valence-electron chi connectivity index (χ1n) is 11.0. The highest BCUT2D eigenvalue weighted by Gasteiger charge is 2.39. The van der Waals surface area contributed by atoms with E-state index in [1.165, 1.54) is 0 Å². The minimum atomic E-state index is -0.348. The van der Waals surface area contributed by atoms with Gasteiger partial charge in [0.05, 0.1) is 32.6 Å². The predicted molar refractivity (Wildman–Crippen MR) is 141 cm³/mol. The van der Waals surface area contributed by atoms with Crippen molar-refractivity contribution in [1.82, 2.24) is 0 Å². The summed E-state index contributed by atoms with van der Waals surface area (Å²) >= 11 is 15.8. The van der Waals surface area contributed by atoms with Crippen molar-refractivity contribution in [2.45, 2.75) is 25.0 Å². The molecular weight excluding hydrogens is 555 g/mol. The van der Waals surface area contributed by atoms with Crippen LogP contribution in [0.5, 0.6) is 11.5 Å². The summed E-state index contributed by atoms with van der Waals surface area (Å²) in [5.41, 5.74) is 3.90. The van der Waals surface area contributed by atoms with E-state index in [4.69, 9.17) is 32.7 Å². The first-order chi connectivity index (χ1) is 16.9. The van der Waals surface area contributed by atoms with Gasteiger partial charge in [0, 0.05) is 23.7 Å². The highest BCUT2D eigenvalue weighted by atomic mass is 79.9. The predicted octanol–water partition coefficient (Wildman–Crippen LogP) is 8.08. The van der Waals surface area contributed by atoms with E-state index in [1.54, 1.807) is 37.4 Å². The van der Waals surface area contributed by atoms with Crippen molar-refractivity contribution in [2.75, 3.05) is 12.4 Å². The molecule has 0 aromatic heterocycles. The maximum absolute atomic E-state index is 11.3. The number of ether oxygens (including phenoxy) is 2. The minimum absolute atomic E-state index is 0.00159. The molecule has 1 aliphatic carbocycles. The molecule has 2 aliphatic rings. The zero-order valence-electron chi connectivity index (χ0n) is 18.6. The van der Waals surface area contributed by atoms with Crippen molar-refractivity contribution in [3.05, 3.63) is 102 Å². The van der Waals surface area contributed by atoms with Crippen LogP contribution in [-0.4, -0.2) is 12.0 Å². The summed E-state index contributed by atoms with van der Waals surface area (Å²) in [5.74, 6) is 1.53. The van der Waals surface area contributed by atoms with Gasteiger partial charge in [-0.15, -0.1) is 0 Å². The van der Waals surface area contributed by atoms with Crippen LogP contribution in [0.25, 0.3) is 0 Å². The zero-order chi connectivity index (χ0) is 24.7. The molecule has 0 spiro atoms. The summed E-state index contributed by atoms with van der Waals surface area (Å²) in [6, 6.07) is 14.4. The molecule has 0 radical (unpaired) electrons. The van der Waals surface area contributed by atoms with E-state index in [9.17, 15) is 10.1 Å². The summed E-state index contributed by atoms with van der Waals surface area (Å²) in [6.45, 7) is 0.299. The molecule has 0 fully saturated rings. The number of fused-ring (bicyclic) bond motifs is 3. The molecule has 1 aliphatic heterocycles. The number of hydrogen-bond donors (Lipinski definition) is 1. The Kier molecular flexibility index (Phi) is 6.66. The van der Waals surface area contributed by atoms with E-state index >= 15 is 0 Å². The van der Waals surface area contributed by atoms with E-state index in [1.807, 2.05) is 18.2 Å². The second kappa shape index (κ2) is 9.72.